The van der Waals surface area contributed by atoms with E-state index in [0.29, 0.717) is 10.6 Å². The first-order chi connectivity index (χ1) is 12.6. The summed E-state index contributed by atoms with van der Waals surface area (Å²) in [5.41, 5.74) is -0.619. The highest BCUT2D eigenvalue weighted by Gasteiger charge is 2.89. The van der Waals surface area contributed by atoms with Gasteiger partial charge in [-0.25, -0.2) is 4.21 Å². The van der Waals surface area contributed by atoms with Crippen LogP contribution in [0.1, 0.15) is 33.6 Å². The Kier molecular flexibility index (Phi) is 3.60. The number of hydrogen-bond donors (Lipinski definition) is 1. The molecule has 0 radical (unpaired) electrons. The maximum Gasteiger partial charge on any atom is 0.248 e. The van der Waals surface area contributed by atoms with Crippen LogP contribution in [0.25, 0.3) is 0 Å². The van der Waals surface area contributed by atoms with Gasteiger partial charge < -0.3 is 5.32 Å². The van der Waals surface area contributed by atoms with Crippen LogP contribution < -0.4 is 5.32 Å². The van der Waals surface area contributed by atoms with E-state index in [4.69, 9.17) is 0 Å². The first-order valence-electron chi connectivity index (χ1n) is 8.95. The predicted octanol–water partition coefficient (Wildman–Crippen LogP) is 2.65. The molecule has 3 aliphatic rings. The van der Waals surface area contributed by atoms with Crippen molar-refractivity contribution in [3.8, 4) is 0 Å². The number of carbonyl (C=O) groups is 3. The van der Waals surface area contributed by atoms with Crippen molar-refractivity contribution in [1.82, 2.24) is 4.31 Å². The zero-order valence-corrected chi connectivity index (χ0v) is 16.4. The number of piperidine rings is 1. The van der Waals surface area contributed by atoms with E-state index in [2.05, 4.69) is 11.9 Å². The first-order valence-corrected chi connectivity index (χ1v) is 10.1. The Morgan fingerprint density at radius 3 is 2.37 bits per heavy atom. The van der Waals surface area contributed by atoms with E-state index in [-0.39, 0.29) is 34.5 Å². The van der Waals surface area contributed by atoms with Crippen molar-refractivity contribution >= 4 is 34.4 Å². The van der Waals surface area contributed by atoms with E-state index in [0.717, 1.165) is 23.2 Å². The molecule has 4 atom stereocenters. The first kappa shape index (κ1) is 18.1. The maximum absolute atomic E-state index is 13.1. The van der Waals surface area contributed by atoms with Gasteiger partial charge in [0.25, 0.3) is 0 Å². The van der Waals surface area contributed by atoms with Crippen LogP contribution in [-0.4, -0.2) is 26.2 Å². The third kappa shape index (κ3) is 2.00. The Morgan fingerprint density at radius 1 is 1.22 bits per heavy atom. The van der Waals surface area contributed by atoms with Crippen molar-refractivity contribution in [2.75, 3.05) is 5.32 Å². The maximum atomic E-state index is 13.1. The van der Waals surface area contributed by atoms with Gasteiger partial charge >= 0.3 is 0 Å². The minimum atomic E-state index is -1.91. The standard InChI is InChI=1S/C20H22N2O4S/c1-5-14(23)21-12-6-8-13(9-7-12)27(26)22-16(24)15-18(2,3)20(15)11-10-19(20,4)17(22)25/h5-9,15H,1,10-11H2,2-4H3,(H,21,23). The molecular formula is C20H22N2O4S. The Hall–Kier alpha value is -2.28. The molecule has 2 aliphatic carbocycles. The normalized spacial score (nSPS) is 34.0. The number of nitrogens with zero attached hydrogens (tertiary/aromatic N) is 1. The minimum absolute atomic E-state index is 0.246. The molecule has 3 fully saturated rings. The molecule has 7 heteroatoms. The summed E-state index contributed by atoms with van der Waals surface area (Å²) < 4.78 is 14.1. The second-order valence-electron chi connectivity index (χ2n) is 8.36. The number of carbonyl (C=O) groups excluding carboxylic acids is 3. The van der Waals surface area contributed by atoms with E-state index in [9.17, 15) is 18.6 Å². The summed E-state index contributed by atoms with van der Waals surface area (Å²) >= 11 is 0. The second-order valence-corrected chi connectivity index (χ2v) is 9.70. The largest absolute Gasteiger partial charge is 0.323 e. The topological polar surface area (TPSA) is 83.6 Å². The molecule has 0 aromatic heterocycles. The molecule has 6 nitrogen and oxygen atoms in total. The quantitative estimate of drug-likeness (QED) is 0.637. The summed E-state index contributed by atoms with van der Waals surface area (Å²) in [5.74, 6) is -1.26. The molecule has 3 amide bonds. The molecule has 1 aromatic rings. The summed E-state index contributed by atoms with van der Waals surface area (Å²) in [6.45, 7) is 9.36. The molecule has 1 aliphatic heterocycles. The molecule has 27 heavy (non-hydrogen) atoms. The van der Waals surface area contributed by atoms with E-state index in [1.54, 1.807) is 24.3 Å². The fraction of sp³-hybridized carbons (Fsp3) is 0.450. The minimum Gasteiger partial charge on any atom is -0.323 e. The molecule has 1 aromatic carbocycles. The van der Waals surface area contributed by atoms with E-state index >= 15 is 0 Å². The van der Waals surface area contributed by atoms with Crippen molar-refractivity contribution in [2.24, 2.45) is 22.2 Å². The smallest absolute Gasteiger partial charge is 0.248 e. The van der Waals surface area contributed by atoms with Crippen molar-refractivity contribution in [2.45, 2.75) is 38.5 Å². The second kappa shape index (κ2) is 5.38. The molecule has 2 saturated carbocycles. The van der Waals surface area contributed by atoms with Gasteiger partial charge in [0.2, 0.25) is 17.7 Å². The lowest BCUT2D eigenvalue weighted by Gasteiger charge is -2.52. The Bertz CT molecular complexity index is 922. The number of benzene rings is 1. The summed E-state index contributed by atoms with van der Waals surface area (Å²) in [6.07, 6.45) is 2.75. The molecule has 1 N–H and O–H groups in total. The van der Waals surface area contributed by atoms with Crippen LogP contribution in [0.15, 0.2) is 41.8 Å². The number of amides is 3. The van der Waals surface area contributed by atoms with Crippen LogP contribution in [-0.2, 0) is 25.4 Å². The van der Waals surface area contributed by atoms with Crippen LogP contribution in [0.4, 0.5) is 5.69 Å². The van der Waals surface area contributed by atoms with Gasteiger partial charge in [-0.15, -0.1) is 0 Å². The third-order valence-electron chi connectivity index (χ3n) is 7.06. The fourth-order valence-electron chi connectivity index (χ4n) is 5.49. The molecule has 4 unspecified atom stereocenters. The Labute approximate surface area is 160 Å². The highest BCUT2D eigenvalue weighted by atomic mass is 32.2. The summed E-state index contributed by atoms with van der Waals surface area (Å²) in [7, 11) is -1.91. The molecule has 1 heterocycles. The van der Waals surface area contributed by atoms with Gasteiger partial charge in [-0.05, 0) is 48.6 Å². The van der Waals surface area contributed by atoms with E-state index in [1.807, 2.05) is 20.8 Å². The Morgan fingerprint density at radius 2 is 1.85 bits per heavy atom. The van der Waals surface area contributed by atoms with Crippen LogP contribution in [0.3, 0.4) is 0 Å². The molecular weight excluding hydrogens is 364 g/mol. The van der Waals surface area contributed by atoms with Crippen molar-refractivity contribution < 1.29 is 18.6 Å². The van der Waals surface area contributed by atoms with Crippen LogP contribution in [0, 0.1) is 22.2 Å². The lowest BCUT2D eigenvalue weighted by Crippen LogP contribution is -2.61. The van der Waals surface area contributed by atoms with Crippen molar-refractivity contribution in [1.29, 1.82) is 0 Å². The van der Waals surface area contributed by atoms with Gasteiger partial charge in [0.1, 0.15) is 0 Å². The van der Waals surface area contributed by atoms with Crippen molar-refractivity contribution in [3.63, 3.8) is 0 Å². The average molecular weight is 386 g/mol. The number of nitrogens with one attached hydrogen (secondary N) is 1. The molecule has 142 valence electrons. The van der Waals surface area contributed by atoms with Gasteiger partial charge in [-0.2, -0.15) is 4.31 Å². The molecule has 4 rings (SSSR count). The lowest BCUT2D eigenvalue weighted by molar-refractivity contribution is -0.165. The summed E-state index contributed by atoms with van der Waals surface area (Å²) in [4.78, 5) is 37.9. The highest BCUT2D eigenvalue weighted by molar-refractivity contribution is 7.83. The van der Waals surface area contributed by atoms with Crippen LogP contribution in [0.5, 0.6) is 0 Å². The molecule has 1 saturated heterocycles. The molecule has 0 bridgehead atoms. The summed E-state index contributed by atoms with van der Waals surface area (Å²) in [6, 6.07) is 6.28. The van der Waals surface area contributed by atoms with Gasteiger partial charge in [0, 0.05) is 11.1 Å². The zero-order chi connectivity index (χ0) is 19.8. The number of hydrogen-bond acceptors (Lipinski definition) is 4. The molecule has 1 spiro atoms. The SMILES string of the molecule is C=CC(=O)Nc1ccc(S(=O)N2C(=O)C3C(C)(C)C34CCC4(C)C2=O)cc1. The highest BCUT2D eigenvalue weighted by Crippen LogP contribution is 2.86. The Balaban J connectivity index is 1.63. The van der Waals surface area contributed by atoms with Gasteiger partial charge in [-0.3, -0.25) is 14.4 Å². The van der Waals surface area contributed by atoms with Gasteiger partial charge in [-0.1, -0.05) is 27.4 Å². The van der Waals surface area contributed by atoms with E-state index in [1.165, 1.54) is 0 Å². The predicted molar refractivity (Wildman–Crippen MR) is 101 cm³/mol. The monoisotopic (exact) mass is 386 g/mol. The summed E-state index contributed by atoms with van der Waals surface area (Å²) in [5, 5.41) is 2.60. The number of imide groups is 1. The fourth-order valence-corrected chi connectivity index (χ4v) is 6.69. The number of rotatable bonds is 4. The van der Waals surface area contributed by atoms with Gasteiger partial charge in [0.15, 0.2) is 11.0 Å². The zero-order valence-electron chi connectivity index (χ0n) is 15.6. The van der Waals surface area contributed by atoms with Crippen molar-refractivity contribution in [3.05, 3.63) is 36.9 Å². The lowest BCUT2D eigenvalue weighted by atomic mass is 9.53. The van der Waals surface area contributed by atoms with Gasteiger partial charge in [0.05, 0.1) is 16.2 Å². The number of anilines is 1. The van der Waals surface area contributed by atoms with E-state index < -0.39 is 16.4 Å². The third-order valence-corrected chi connectivity index (χ3v) is 8.42. The van der Waals surface area contributed by atoms with Crippen LogP contribution in [0.2, 0.25) is 0 Å². The average Bonchev–Trinajstić information content (AvgIpc) is 3.19. The van der Waals surface area contributed by atoms with Crippen LogP contribution >= 0.6 is 0 Å².